The quantitative estimate of drug-likeness (QED) is 0.651. The number of benzene rings is 2. The van der Waals surface area contributed by atoms with Crippen molar-refractivity contribution in [2.45, 2.75) is 51.2 Å². The van der Waals surface area contributed by atoms with Crippen molar-refractivity contribution in [2.24, 2.45) is 5.92 Å². The molecule has 0 aromatic heterocycles. The van der Waals surface area contributed by atoms with Gasteiger partial charge in [-0.2, -0.15) is 0 Å². The number of carboxylic acid groups (broad SMARTS) is 1. The van der Waals surface area contributed by atoms with E-state index in [0.29, 0.717) is 17.1 Å². The molecule has 8 heteroatoms. The molecule has 8 nitrogen and oxygen atoms in total. The lowest BCUT2D eigenvalue weighted by Gasteiger charge is -2.34. The predicted molar refractivity (Wildman–Crippen MR) is 125 cm³/mol. The smallest absolute Gasteiger partial charge is 0.418 e. The number of methoxy groups -OCH3 is 2. The molecule has 182 valence electrons. The van der Waals surface area contributed by atoms with Gasteiger partial charge in [0.05, 0.1) is 14.2 Å². The van der Waals surface area contributed by atoms with Crippen molar-refractivity contribution >= 4 is 18.0 Å². The lowest BCUT2D eigenvalue weighted by molar-refractivity contribution is -0.153. The first-order chi connectivity index (χ1) is 16.0. The Kier molecular flexibility index (Phi) is 7.19. The molecule has 1 fully saturated rings. The van der Waals surface area contributed by atoms with Gasteiger partial charge in [-0.3, -0.25) is 4.79 Å². The Morgan fingerprint density at radius 3 is 2.12 bits per heavy atom. The molecule has 1 aliphatic heterocycles. The van der Waals surface area contributed by atoms with E-state index in [9.17, 15) is 19.5 Å². The normalized spacial score (nSPS) is 20.2. The van der Waals surface area contributed by atoms with Crippen LogP contribution in [0.2, 0.25) is 0 Å². The summed E-state index contributed by atoms with van der Waals surface area (Å²) in [6.07, 6.45) is -0.808. The molecular weight excluding hydrogens is 438 g/mol. The largest absolute Gasteiger partial charge is 0.497 e. The zero-order valence-corrected chi connectivity index (χ0v) is 20.2. The Labute approximate surface area is 199 Å². The van der Waals surface area contributed by atoms with E-state index in [-0.39, 0.29) is 19.3 Å². The number of carbonyl (C=O) groups excluding carboxylic acids is 2. The van der Waals surface area contributed by atoms with E-state index >= 15 is 0 Å². The van der Waals surface area contributed by atoms with E-state index < -0.39 is 35.0 Å². The zero-order chi connectivity index (χ0) is 25.1. The average Bonchev–Trinajstić information content (AvgIpc) is 3.05. The Bertz CT molecular complexity index is 1040. The van der Waals surface area contributed by atoms with Crippen molar-refractivity contribution < 1.29 is 33.7 Å². The fourth-order valence-corrected chi connectivity index (χ4v) is 4.32. The molecule has 1 saturated heterocycles. The molecule has 1 N–H and O–H groups in total. The maximum absolute atomic E-state index is 13.6. The molecule has 0 aliphatic carbocycles. The number of rotatable bonds is 7. The van der Waals surface area contributed by atoms with Crippen molar-refractivity contribution in [3.63, 3.8) is 0 Å². The van der Waals surface area contributed by atoms with Gasteiger partial charge >= 0.3 is 12.1 Å². The first kappa shape index (κ1) is 25.1. The van der Waals surface area contributed by atoms with Gasteiger partial charge in [-0.25, -0.2) is 14.5 Å². The van der Waals surface area contributed by atoms with Crippen LogP contribution in [0.15, 0.2) is 48.5 Å². The lowest BCUT2D eigenvalue weighted by Crippen LogP contribution is -2.57. The van der Waals surface area contributed by atoms with Crippen molar-refractivity contribution in [1.29, 1.82) is 0 Å². The standard InChI is InChI=1S/C26H31NO7/c1-25(2,3)34-24(31)27-22(28)19(11-18-12-20(32-4)14-21(13-18)33-5)16-26(27,23(29)30)15-17-9-7-6-8-10-17/h6-10,12-14,19H,11,15-16H2,1-5H3,(H,29,30)/t19-,26-/m0/s1. The second-order valence-corrected chi connectivity index (χ2v) is 9.48. The van der Waals surface area contributed by atoms with Gasteiger partial charge in [0.1, 0.15) is 17.1 Å². The fourth-order valence-electron chi connectivity index (χ4n) is 4.32. The van der Waals surface area contributed by atoms with Gasteiger partial charge in [-0.1, -0.05) is 30.3 Å². The van der Waals surface area contributed by atoms with E-state index in [4.69, 9.17) is 14.2 Å². The highest BCUT2D eigenvalue weighted by Crippen LogP contribution is 2.41. The molecular formula is C26H31NO7. The Morgan fingerprint density at radius 2 is 1.62 bits per heavy atom. The Hall–Kier alpha value is -3.55. The van der Waals surface area contributed by atoms with Gasteiger partial charge in [0.2, 0.25) is 5.91 Å². The average molecular weight is 470 g/mol. The van der Waals surface area contributed by atoms with Gasteiger partial charge < -0.3 is 19.3 Å². The minimum atomic E-state index is -1.77. The molecule has 34 heavy (non-hydrogen) atoms. The molecule has 1 aliphatic rings. The molecule has 0 radical (unpaired) electrons. The molecule has 2 amide bonds. The number of nitrogens with zero attached hydrogens (tertiary/aromatic N) is 1. The molecule has 0 bridgehead atoms. The van der Waals surface area contributed by atoms with Crippen molar-refractivity contribution in [2.75, 3.05) is 14.2 Å². The predicted octanol–water partition coefficient (Wildman–Crippen LogP) is 4.10. The van der Waals surface area contributed by atoms with Crippen molar-refractivity contribution in [3.8, 4) is 11.5 Å². The minimum absolute atomic E-state index is 0.0217. The van der Waals surface area contributed by atoms with Gasteiger partial charge in [0, 0.05) is 18.4 Å². The maximum atomic E-state index is 13.6. The molecule has 0 spiro atoms. The molecule has 3 rings (SSSR count). The van der Waals surface area contributed by atoms with Crippen LogP contribution < -0.4 is 9.47 Å². The number of imide groups is 1. The van der Waals surface area contributed by atoms with Gasteiger partial charge in [-0.05, 0) is 56.9 Å². The number of aliphatic carboxylic acids is 1. The third kappa shape index (κ3) is 5.32. The lowest BCUT2D eigenvalue weighted by atomic mass is 9.84. The van der Waals surface area contributed by atoms with E-state index in [1.54, 1.807) is 63.2 Å². The van der Waals surface area contributed by atoms with Gasteiger partial charge in [-0.15, -0.1) is 0 Å². The second-order valence-electron chi connectivity index (χ2n) is 9.48. The first-order valence-electron chi connectivity index (χ1n) is 11.1. The summed E-state index contributed by atoms with van der Waals surface area (Å²) < 4.78 is 16.1. The number of likely N-dealkylation sites (tertiary alicyclic amines) is 1. The first-order valence-corrected chi connectivity index (χ1v) is 11.1. The number of hydrogen-bond donors (Lipinski definition) is 1. The Balaban J connectivity index is 2.03. The summed E-state index contributed by atoms with van der Waals surface area (Å²) in [6, 6.07) is 14.2. The van der Waals surface area contributed by atoms with E-state index in [1.165, 1.54) is 14.2 Å². The van der Waals surface area contributed by atoms with Crippen LogP contribution in [0.4, 0.5) is 4.79 Å². The fraction of sp³-hybridized carbons (Fsp3) is 0.423. The van der Waals surface area contributed by atoms with E-state index in [2.05, 4.69) is 0 Å². The molecule has 0 unspecified atom stereocenters. The monoisotopic (exact) mass is 469 g/mol. The number of carboxylic acids is 1. The Morgan fingerprint density at radius 1 is 1.03 bits per heavy atom. The summed E-state index contributed by atoms with van der Waals surface area (Å²) in [7, 11) is 3.05. The van der Waals surface area contributed by atoms with Crippen molar-refractivity contribution in [1.82, 2.24) is 4.90 Å². The third-order valence-corrected chi connectivity index (χ3v) is 5.79. The van der Waals surface area contributed by atoms with Gasteiger partial charge in [0.25, 0.3) is 0 Å². The molecule has 2 aromatic rings. The van der Waals surface area contributed by atoms with Crippen LogP contribution in [0.1, 0.15) is 38.3 Å². The number of amides is 2. The second kappa shape index (κ2) is 9.75. The number of hydrogen-bond acceptors (Lipinski definition) is 6. The SMILES string of the molecule is COc1cc(C[C@H]2C[C@@](Cc3ccccc3)(C(=O)O)N(C(=O)OC(C)(C)C)C2=O)cc(OC)c1. The van der Waals surface area contributed by atoms with Crippen LogP contribution in [0, 0.1) is 5.92 Å². The third-order valence-electron chi connectivity index (χ3n) is 5.79. The zero-order valence-electron chi connectivity index (χ0n) is 20.2. The highest BCUT2D eigenvalue weighted by molar-refractivity contribution is 6.03. The van der Waals surface area contributed by atoms with Gasteiger partial charge in [0.15, 0.2) is 5.54 Å². The van der Waals surface area contributed by atoms with Crippen LogP contribution in [0.5, 0.6) is 11.5 Å². The number of ether oxygens (including phenoxy) is 3. The summed E-state index contributed by atoms with van der Waals surface area (Å²) in [5, 5.41) is 10.4. The summed E-state index contributed by atoms with van der Waals surface area (Å²) in [6.45, 7) is 5.02. The van der Waals surface area contributed by atoms with E-state index in [1.807, 2.05) is 6.07 Å². The minimum Gasteiger partial charge on any atom is -0.497 e. The van der Waals surface area contributed by atoms with Crippen LogP contribution >= 0.6 is 0 Å². The van der Waals surface area contributed by atoms with Crippen LogP contribution in [0.3, 0.4) is 0 Å². The maximum Gasteiger partial charge on any atom is 0.418 e. The topological polar surface area (TPSA) is 102 Å². The molecule has 1 heterocycles. The summed E-state index contributed by atoms with van der Waals surface area (Å²) in [4.78, 5) is 40.2. The summed E-state index contributed by atoms with van der Waals surface area (Å²) in [5.41, 5.74) is -1.23. The van der Waals surface area contributed by atoms with Crippen LogP contribution in [-0.2, 0) is 27.2 Å². The van der Waals surface area contributed by atoms with Crippen LogP contribution in [-0.4, -0.2) is 53.3 Å². The highest BCUT2D eigenvalue weighted by Gasteiger charge is 2.59. The summed E-state index contributed by atoms with van der Waals surface area (Å²) in [5.74, 6) is -1.46. The summed E-state index contributed by atoms with van der Waals surface area (Å²) >= 11 is 0. The molecule has 2 atom stereocenters. The highest BCUT2D eigenvalue weighted by atomic mass is 16.6. The van der Waals surface area contributed by atoms with Crippen molar-refractivity contribution in [3.05, 3.63) is 59.7 Å². The number of carbonyl (C=O) groups is 3. The molecule has 0 saturated carbocycles. The van der Waals surface area contributed by atoms with Crippen LogP contribution in [0.25, 0.3) is 0 Å². The van der Waals surface area contributed by atoms with E-state index in [0.717, 1.165) is 10.5 Å². The molecule has 2 aromatic carbocycles.